The summed E-state index contributed by atoms with van der Waals surface area (Å²) in [5.74, 6) is -1.88. The smallest absolute Gasteiger partial charge is 0.329 e. The van der Waals surface area contributed by atoms with Crippen molar-refractivity contribution in [1.82, 2.24) is 10.0 Å². The highest BCUT2D eigenvalue weighted by molar-refractivity contribution is 7.89. The van der Waals surface area contributed by atoms with Crippen molar-refractivity contribution in [2.75, 3.05) is 26.0 Å². The minimum absolute atomic E-state index is 0.141. The SMILES string of the molecule is COCCCS(=O)(=O)NCC(=O)NC1(C(=O)O)CC1. The number of rotatable bonds is 9. The molecule has 1 amide bonds. The van der Waals surface area contributed by atoms with Crippen molar-refractivity contribution >= 4 is 21.9 Å². The maximum atomic E-state index is 11.5. The fourth-order valence-electron chi connectivity index (χ4n) is 1.47. The molecule has 110 valence electrons. The second-order valence-electron chi connectivity index (χ2n) is 4.42. The highest BCUT2D eigenvalue weighted by Crippen LogP contribution is 2.35. The van der Waals surface area contributed by atoms with Crippen LogP contribution < -0.4 is 10.0 Å². The zero-order valence-corrected chi connectivity index (χ0v) is 11.5. The minimum atomic E-state index is -3.54. The second-order valence-corrected chi connectivity index (χ2v) is 6.35. The lowest BCUT2D eigenvalue weighted by Gasteiger charge is -2.12. The molecule has 1 aliphatic rings. The van der Waals surface area contributed by atoms with Gasteiger partial charge in [-0.1, -0.05) is 0 Å². The number of carboxylic acids is 1. The molecule has 0 aliphatic heterocycles. The summed E-state index contributed by atoms with van der Waals surface area (Å²) < 4.78 is 29.8. The first kappa shape index (κ1) is 15.9. The number of nitrogens with one attached hydrogen (secondary N) is 2. The van der Waals surface area contributed by atoms with Crippen molar-refractivity contribution < 1.29 is 27.9 Å². The fraction of sp³-hybridized carbons (Fsp3) is 0.800. The Morgan fingerprint density at radius 2 is 2.00 bits per heavy atom. The lowest BCUT2D eigenvalue weighted by molar-refractivity contribution is -0.142. The van der Waals surface area contributed by atoms with Crippen molar-refractivity contribution in [2.45, 2.75) is 24.8 Å². The van der Waals surface area contributed by atoms with Crippen LogP contribution in [0.4, 0.5) is 0 Å². The molecule has 0 saturated heterocycles. The van der Waals surface area contributed by atoms with E-state index in [1.54, 1.807) is 0 Å². The van der Waals surface area contributed by atoms with Crippen molar-refractivity contribution in [3.8, 4) is 0 Å². The van der Waals surface area contributed by atoms with E-state index in [0.29, 0.717) is 25.9 Å². The number of hydrogen-bond acceptors (Lipinski definition) is 5. The topological polar surface area (TPSA) is 122 Å². The quantitative estimate of drug-likeness (QED) is 0.453. The van der Waals surface area contributed by atoms with Crippen molar-refractivity contribution in [2.24, 2.45) is 0 Å². The van der Waals surface area contributed by atoms with Gasteiger partial charge in [-0.2, -0.15) is 0 Å². The van der Waals surface area contributed by atoms with Crippen molar-refractivity contribution in [3.05, 3.63) is 0 Å². The molecule has 1 saturated carbocycles. The molecule has 3 N–H and O–H groups in total. The summed E-state index contributed by atoms with van der Waals surface area (Å²) in [6.45, 7) is -0.139. The Hall–Kier alpha value is -1.19. The molecular weight excluding hydrogens is 276 g/mol. The molecule has 1 fully saturated rings. The summed E-state index contributed by atoms with van der Waals surface area (Å²) in [6, 6.07) is 0. The summed E-state index contributed by atoms with van der Waals surface area (Å²) in [5, 5.41) is 11.2. The maximum absolute atomic E-state index is 11.5. The van der Waals surface area contributed by atoms with Gasteiger partial charge in [0, 0.05) is 13.7 Å². The van der Waals surface area contributed by atoms with Crippen LogP contribution in [0.1, 0.15) is 19.3 Å². The van der Waals surface area contributed by atoms with E-state index in [9.17, 15) is 18.0 Å². The van der Waals surface area contributed by atoms with Crippen LogP contribution >= 0.6 is 0 Å². The Morgan fingerprint density at radius 1 is 1.37 bits per heavy atom. The number of hydrogen-bond donors (Lipinski definition) is 3. The normalized spacial score (nSPS) is 16.9. The number of carboxylic acid groups (broad SMARTS) is 1. The van der Waals surface area contributed by atoms with E-state index in [2.05, 4.69) is 10.0 Å². The highest BCUT2D eigenvalue weighted by atomic mass is 32.2. The van der Waals surface area contributed by atoms with Gasteiger partial charge in [-0.05, 0) is 19.3 Å². The van der Waals surface area contributed by atoms with Crippen LogP contribution in [0.15, 0.2) is 0 Å². The van der Waals surface area contributed by atoms with E-state index in [1.165, 1.54) is 7.11 Å². The van der Waals surface area contributed by atoms with Gasteiger partial charge in [0.1, 0.15) is 5.54 Å². The molecule has 19 heavy (non-hydrogen) atoms. The average Bonchev–Trinajstić information content (AvgIpc) is 3.08. The number of amides is 1. The lowest BCUT2D eigenvalue weighted by Crippen LogP contribution is -2.47. The zero-order chi connectivity index (χ0) is 14.5. The molecule has 0 heterocycles. The third-order valence-corrected chi connectivity index (χ3v) is 4.16. The Bertz CT molecular complexity index is 443. The van der Waals surface area contributed by atoms with Gasteiger partial charge in [0.15, 0.2) is 0 Å². The van der Waals surface area contributed by atoms with E-state index < -0.39 is 34.0 Å². The first-order valence-corrected chi connectivity index (χ1v) is 7.47. The summed E-state index contributed by atoms with van der Waals surface area (Å²) >= 11 is 0. The van der Waals surface area contributed by atoms with Gasteiger partial charge in [0.2, 0.25) is 15.9 Å². The number of ether oxygens (including phenoxy) is 1. The van der Waals surface area contributed by atoms with Crippen LogP contribution in [-0.2, 0) is 24.3 Å². The highest BCUT2D eigenvalue weighted by Gasteiger charge is 2.51. The molecule has 1 aliphatic carbocycles. The summed E-state index contributed by atoms with van der Waals surface area (Å²) in [5.41, 5.74) is -1.20. The van der Waals surface area contributed by atoms with Gasteiger partial charge in [-0.15, -0.1) is 0 Å². The first-order chi connectivity index (χ1) is 8.81. The Kier molecular flexibility index (Phi) is 5.27. The molecule has 0 unspecified atom stereocenters. The van der Waals surface area contributed by atoms with E-state index in [0.717, 1.165) is 0 Å². The molecule has 0 atom stereocenters. The minimum Gasteiger partial charge on any atom is -0.480 e. The van der Waals surface area contributed by atoms with E-state index >= 15 is 0 Å². The zero-order valence-electron chi connectivity index (χ0n) is 10.6. The molecular formula is C10H18N2O6S. The lowest BCUT2D eigenvalue weighted by atomic mass is 10.3. The predicted molar refractivity (Wildman–Crippen MR) is 66.0 cm³/mol. The van der Waals surface area contributed by atoms with Crippen molar-refractivity contribution in [3.63, 3.8) is 0 Å². The largest absolute Gasteiger partial charge is 0.480 e. The molecule has 0 aromatic carbocycles. The number of methoxy groups -OCH3 is 1. The number of carbonyl (C=O) groups is 2. The van der Waals surface area contributed by atoms with Gasteiger partial charge in [0.05, 0.1) is 12.3 Å². The van der Waals surface area contributed by atoms with Crippen LogP contribution in [0.3, 0.4) is 0 Å². The van der Waals surface area contributed by atoms with Crippen LogP contribution in [0.2, 0.25) is 0 Å². The Labute approximate surface area is 111 Å². The molecule has 1 rings (SSSR count). The summed E-state index contributed by atoms with van der Waals surface area (Å²) in [4.78, 5) is 22.3. The molecule has 9 heteroatoms. The third-order valence-electron chi connectivity index (χ3n) is 2.75. The summed E-state index contributed by atoms with van der Waals surface area (Å²) in [6.07, 6.45) is 1.07. The molecule has 0 bridgehead atoms. The van der Waals surface area contributed by atoms with Crippen LogP contribution in [0.5, 0.6) is 0 Å². The monoisotopic (exact) mass is 294 g/mol. The van der Waals surface area contributed by atoms with Crippen LogP contribution in [0.25, 0.3) is 0 Å². The van der Waals surface area contributed by atoms with Gasteiger partial charge in [-0.25, -0.2) is 17.9 Å². The Balaban J connectivity index is 2.32. The van der Waals surface area contributed by atoms with Crippen LogP contribution in [-0.4, -0.2) is 57.0 Å². The summed E-state index contributed by atoms with van der Waals surface area (Å²) in [7, 11) is -2.08. The van der Waals surface area contributed by atoms with E-state index in [-0.39, 0.29) is 5.75 Å². The van der Waals surface area contributed by atoms with Gasteiger partial charge >= 0.3 is 5.97 Å². The van der Waals surface area contributed by atoms with Gasteiger partial charge in [0.25, 0.3) is 0 Å². The number of aliphatic carboxylic acids is 1. The first-order valence-electron chi connectivity index (χ1n) is 5.82. The maximum Gasteiger partial charge on any atom is 0.329 e. The molecule has 8 nitrogen and oxygen atoms in total. The third kappa shape index (κ3) is 5.13. The van der Waals surface area contributed by atoms with Gasteiger partial charge < -0.3 is 15.2 Å². The molecule has 0 aromatic heterocycles. The second kappa shape index (κ2) is 6.31. The van der Waals surface area contributed by atoms with E-state index in [4.69, 9.17) is 9.84 Å². The molecule has 0 aromatic rings. The van der Waals surface area contributed by atoms with E-state index in [1.807, 2.05) is 0 Å². The average molecular weight is 294 g/mol. The fourth-order valence-corrected chi connectivity index (χ4v) is 2.46. The van der Waals surface area contributed by atoms with Crippen molar-refractivity contribution in [1.29, 1.82) is 0 Å². The number of sulfonamides is 1. The van der Waals surface area contributed by atoms with Crippen LogP contribution in [0, 0.1) is 0 Å². The predicted octanol–water partition coefficient (Wildman–Crippen LogP) is -1.32. The Morgan fingerprint density at radius 3 is 2.47 bits per heavy atom. The molecule has 0 radical (unpaired) electrons. The molecule has 0 spiro atoms. The van der Waals surface area contributed by atoms with Gasteiger partial charge in [-0.3, -0.25) is 4.79 Å². The standard InChI is InChI=1S/C10H18N2O6S/c1-18-5-2-6-19(16,17)11-7-8(13)12-10(3-4-10)9(14)15/h11H,2-7H2,1H3,(H,12,13)(H,14,15). The number of carbonyl (C=O) groups excluding carboxylic acids is 1.